The summed E-state index contributed by atoms with van der Waals surface area (Å²) in [4.78, 5) is 39.6. The molecule has 2 amide bonds. The van der Waals surface area contributed by atoms with Crippen LogP contribution in [-0.4, -0.2) is 85.3 Å². The number of nitrogens with two attached hydrogens (primary N) is 2. The Labute approximate surface area is 299 Å². The van der Waals surface area contributed by atoms with Gasteiger partial charge in [-0.3, -0.25) is 14.3 Å². The van der Waals surface area contributed by atoms with E-state index in [9.17, 15) is 14.4 Å². The lowest BCUT2D eigenvalue weighted by Gasteiger charge is -2.34. The number of fused-ring (bicyclic) bond motifs is 1. The lowest BCUT2D eigenvalue weighted by atomic mass is 9.80. The van der Waals surface area contributed by atoms with Crippen LogP contribution in [-0.2, 0) is 41.6 Å². The second-order valence-electron chi connectivity index (χ2n) is 15.1. The zero-order valence-corrected chi connectivity index (χ0v) is 31.7. The smallest absolute Gasteiger partial charge is 0.329 e. The minimum absolute atomic E-state index is 0.0223. The Morgan fingerprint density at radius 3 is 2.34 bits per heavy atom. The summed E-state index contributed by atoms with van der Waals surface area (Å²) in [7, 11) is 1.71. The summed E-state index contributed by atoms with van der Waals surface area (Å²) in [6, 6.07) is 5.15. The molecule has 2 aromatic rings. The van der Waals surface area contributed by atoms with E-state index >= 15 is 0 Å². The summed E-state index contributed by atoms with van der Waals surface area (Å²) in [5.74, 6) is -1.32. The van der Waals surface area contributed by atoms with Gasteiger partial charge in [0.15, 0.2) is 0 Å². The van der Waals surface area contributed by atoms with Crippen LogP contribution in [0.1, 0.15) is 84.9 Å². The van der Waals surface area contributed by atoms with Crippen LogP contribution in [0.3, 0.4) is 0 Å². The van der Waals surface area contributed by atoms with E-state index in [-0.39, 0.29) is 48.6 Å². The zero-order chi connectivity index (χ0) is 37.0. The van der Waals surface area contributed by atoms with Crippen LogP contribution in [0.15, 0.2) is 18.2 Å². The highest BCUT2D eigenvalue weighted by Gasteiger charge is 2.36. The first kappa shape index (κ1) is 41.4. The number of hydrogen-bond acceptors (Lipinski definition) is 9. The van der Waals surface area contributed by atoms with Crippen molar-refractivity contribution in [3.8, 4) is 0 Å². The molecule has 0 radical (unpaired) electrons. The average Bonchev–Trinajstić information content (AvgIpc) is 3.38. The minimum Gasteiger partial charge on any atom is -0.459 e. The predicted octanol–water partition coefficient (Wildman–Crippen LogP) is 3.88. The summed E-state index contributed by atoms with van der Waals surface area (Å²) in [6.07, 6.45) is 3.28. The molecular formula is C38H64N6O6. The molecule has 1 fully saturated rings. The van der Waals surface area contributed by atoms with Crippen molar-refractivity contribution in [2.24, 2.45) is 41.1 Å². The number of methoxy groups -OCH3 is 1. The lowest BCUT2D eigenvalue weighted by molar-refractivity contribution is -0.157. The fourth-order valence-electron chi connectivity index (χ4n) is 6.78. The number of rotatable bonds is 20. The maximum Gasteiger partial charge on any atom is 0.329 e. The Balaban J connectivity index is 1.87. The van der Waals surface area contributed by atoms with Crippen molar-refractivity contribution in [2.45, 2.75) is 118 Å². The number of benzene rings is 1. The number of carbonyl (C=O) groups excluding carboxylic acids is 3. The van der Waals surface area contributed by atoms with E-state index in [0.29, 0.717) is 26.2 Å². The monoisotopic (exact) mass is 700 g/mol. The molecule has 5 atom stereocenters. The molecule has 0 saturated carbocycles. The molecule has 2 heterocycles. The van der Waals surface area contributed by atoms with Crippen LogP contribution in [0.25, 0.3) is 10.9 Å². The second-order valence-corrected chi connectivity index (χ2v) is 15.1. The molecule has 1 aliphatic rings. The molecule has 0 bridgehead atoms. The fraction of sp³-hybridized carbons (Fsp3) is 0.737. The molecular weight excluding hydrogens is 636 g/mol. The van der Waals surface area contributed by atoms with E-state index in [1.54, 1.807) is 7.11 Å². The summed E-state index contributed by atoms with van der Waals surface area (Å²) >= 11 is 0. The second kappa shape index (κ2) is 20.1. The van der Waals surface area contributed by atoms with Crippen molar-refractivity contribution in [2.75, 3.05) is 33.5 Å². The maximum absolute atomic E-state index is 13.7. The van der Waals surface area contributed by atoms with Gasteiger partial charge < -0.3 is 36.3 Å². The van der Waals surface area contributed by atoms with Crippen LogP contribution >= 0.6 is 0 Å². The molecule has 12 nitrogen and oxygen atoms in total. The number of aryl methyl sites for hydroxylation is 2. The molecule has 1 aromatic carbocycles. The van der Waals surface area contributed by atoms with Crippen LogP contribution in [0, 0.1) is 36.5 Å². The van der Waals surface area contributed by atoms with Crippen molar-refractivity contribution < 1.29 is 28.6 Å². The van der Waals surface area contributed by atoms with Gasteiger partial charge in [-0.1, -0.05) is 53.7 Å². The molecule has 282 valence electrons. The van der Waals surface area contributed by atoms with Crippen LogP contribution in [0.2, 0.25) is 0 Å². The van der Waals surface area contributed by atoms with Crippen molar-refractivity contribution in [3.63, 3.8) is 0 Å². The standard InChI is InChI=1S/C38H64N6O6/c1-23(2)28(18-27-10-11-30-26(7)43-44(33(30)19-27)14-9-15-48-8)20-32(40)34(50-38(47)36(25(5)6)42-35(45)22-39)21-31(24(3)4)37(46)41-29-12-16-49-17-13-29/h10-11,19,23-25,28-29,31-32,34,36H,9,12-18,20-22,39-40H2,1-8H3,(H,41,46)(H,42,45)/t28-,31-,32?,34-,36-/m0/s1. The van der Waals surface area contributed by atoms with Gasteiger partial charge in [-0.05, 0) is 80.8 Å². The molecule has 1 unspecified atom stereocenters. The van der Waals surface area contributed by atoms with E-state index < -0.39 is 36.0 Å². The Bertz CT molecular complexity index is 1370. The normalized spacial score (nSPS) is 17.1. The highest BCUT2D eigenvalue weighted by Crippen LogP contribution is 2.29. The van der Waals surface area contributed by atoms with Gasteiger partial charge in [0.05, 0.1) is 17.8 Å². The summed E-state index contributed by atoms with van der Waals surface area (Å²) in [5, 5.41) is 11.8. The van der Waals surface area contributed by atoms with Gasteiger partial charge in [-0.25, -0.2) is 4.79 Å². The minimum atomic E-state index is -0.890. The van der Waals surface area contributed by atoms with Crippen LogP contribution in [0.4, 0.5) is 0 Å². The van der Waals surface area contributed by atoms with E-state index in [0.717, 1.165) is 48.8 Å². The number of esters is 1. The van der Waals surface area contributed by atoms with Crippen LogP contribution in [0.5, 0.6) is 0 Å². The third kappa shape index (κ3) is 12.0. The first-order chi connectivity index (χ1) is 23.7. The lowest BCUT2D eigenvalue weighted by Crippen LogP contribution is -2.51. The van der Waals surface area contributed by atoms with Gasteiger partial charge in [-0.2, -0.15) is 5.10 Å². The largest absolute Gasteiger partial charge is 0.459 e. The quantitative estimate of drug-likeness (QED) is 0.118. The number of nitrogens with zero attached hydrogens (tertiary/aromatic N) is 2. The van der Waals surface area contributed by atoms with E-state index in [4.69, 9.17) is 30.8 Å². The first-order valence-corrected chi connectivity index (χ1v) is 18.5. The first-order valence-electron chi connectivity index (χ1n) is 18.5. The van der Waals surface area contributed by atoms with Crippen molar-refractivity contribution in [3.05, 3.63) is 29.5 Å². The van der Waals surface area contributed by atoms with Crippen LogP contribution < -0.4 is 22.1 Å². The number of hydrogen-bond donors (Lipinski definition) is 4. The SMILES string of the molecule is COCCCn1nc(C)c2ccc(C[C@@H](CC(N)[C@H](C[C@H](C(=O)NC3CCOCC3)C(C)C)OC(=O)[C@@H](NC(=O)CN)C(C)C)C(C)C)cc21. The van der Waals surface area contributed by atoms with Crippen molar-refractivity contribution in [1.29, 1.82) is 0 Å². The number of carbonyl (C=O) groups is 3. The number of nitrogens with one attached hydrogen (secondary N) is 2. The molecule has 0 aliphatic carbocycles. The Morgan fingerprint density at radius 1 is 1.04 bits per heavy atom. The topological polar surface area (TPSA) is 173 Å². The fourth-order valence-corrected chi connectivity index (χ4v) is 6.78. The van der Waals surface area contributed by atoms with Gasteiger partial charge >= 0.3 is 5.97 Å². The van der Waals surface area contributed by atoms with Gasteiger partial charge in [0.2, 0.25) is 11.8 Å². The third-order valence-electron chi connectivity index (χ3n) is 10.1. The Morgan fingerprint density at radius 2 is 1.74 bits per heavy atom. The van der Waals surface area contributed by atoms with Gasteiger partial charge in [0.1, 0.15) is 12.1 Å². The number of ether oxygens (including phenoxy) is 3. The molecule has 3 rings (SSSR count). The Hall–Kier alpha value is -3.06. The van der Waals surface area contributed by atoms with Crippen molar-refractivity contribution in [1.82, 2.24) is 20.4 Å². The summed E-state index contributed by atoms with van der Waals surface area (Å²) in [5.41, 5.74) is 15.9. The summed E-state index contributed by atoms with van der Waals surface area (Å²) in [6.45, 7) is 16.5. The van der Waals surface area contributed by atoms with E-state index in [1.807, 2.05) is 34.6 Å². The maximum atomic E-state index is 13.7. The van der Waals surface area contributed by atoms with E-state index in [1.165, 1.54) is 5.56 Å². The summed E-state index contributed by atoms with van der Waals surface area (Å²) < 4.78 is 19.0. The zero-order valence-electron chi connectivity index (χ0n) is 31.7. The molecule has 50 heavy (non-hydrogen) atoms. The predicted molar refractivity (Wildman–Crippen MR) is 196 cm³/mol. The third-order valence-corrected chi connectivity index (χ3v) is 10.1. The van der Waals surface area contributed by atoms with Crippen molar-refractivity contribution >= 4 is 28.7 Å². The molecule has 12 heteroatoms. The molecule has 6 N–H and O–H groups in total. The molecule has 1 aromatic heterocycles. The highest BCUT2D eigenvalue weighted by molar-refractivity contribution is 5.86. The van der Waals surface area contributed by atoms with Gasteiger partial charge in [0.25, 0.3) is 0 Å². The number of amides is 2. The molecule has 0 spiro atoms. The highest BCUT2D eigenvalue weighted by atomic mass is 16.5. The number of aromatic nitrogens is 2. The van der Waals surface area contributed by atoms with E-state index in [2.05, 4.69) is 47.4 Å². The van der Waals surface area contributed by atoms with Gasteiger partial charge in [0, 0.05) is 56.9 Å². The molecule has 1 saturated heterocycles. The molecule has 1 aliphatic heterocycles. The Kier molecular flexibility index (Phi) is 16.6. The average molecular weight is 701 g/mol. The van der Waals surface area contributed by atoms with Gasteiger partial charge in [-0.15, -0.1) is 0 Å².